The van der Waals surface area contributed by atoms with E-state index >= 15 is 0 Å². The van der Waals surface area contributed by atoms with Gasteiger partial charge in [-0.05, 0) is 39.3 Å². The number of likely N-dealkylation sites (tertiary alicyclic amines) is 1. The summed E-state index contributed by atoms with van der Waals surface area (Å²) in [5, 5.41) is 6.84. The van der Waals surface area contributed by atoms with E-state index in [0.717, 1.165) is 12.5 Å². The molecule has 2 N–H and O–H groups in total. The number of hydrogen-bond acceptors (Lipinski definition) is 3. The summed E-state index contributed by atoms with van der Waals surface area (Å²) in [7, 11) is 3.55. The SMILES string of the molecule is CCCCN1CCCCC1CNC(=NC)NC(C)COC.I. The number of nitrogens with zero attached hydrogens (tertiary/aromatic N) is 2. The van der Waals surface area contributed by atoms with Crippen molar-refractivity contribution in [2.75, 3.05) is 40.4 Å². The van der Waals surface area contributed by atoms with E-state index in [2.05, 4.69) is 34.4 Å². The van der Waals surface area contributed by atoms with Crippen LogP contribution in [0.3, 0.4) is 0 Å². The Kier molecular flexibility index (Phi) is 13.3. The first-order valence-electron chi connectivity index (χ1n) is 8.41. The van der Waals surface area contributed by atoms with Crippen LogP contribution in [0.25, 0.3) is 0 Å². The lowest BCUT2D eigenvalue weighted by Crippen LogP contribution is -2.51. The van der Waals surface area contributed by atoms with Crippen LogP contribution >= 0.6 is 24.0 Å². The fourth-order valence-corrected chi connectivity index (χ4v) is 2.88. The lowest BCUT2D eigenvalue weighted by molar-refractivity contribution is 0.147. The van der Waals surface area contributed by atoms with Gasteiger partial charge >= 0.3 is 0 Å². The summed E-state index contributed by atoms with van der Waals surface area (Å²) in [5.74, 6) is 0.876. The topological polar surface area (TPSA) is 48.9 Å². The van der Waals surface area contributed by atoms with Crippen LogP contribution in [-0.4, -0.2) is 63.3 Å². The summed E-state index contributed by atoms with van der Waals surface area (Å²) >= 11 is 0. The predicted octanol–water partition coefficient (Wildman–Crippen LogP) is 2.46. The van der Waals surface area contributed by atoms with Crippen LogP contribution in [0.4, 0.5) is 0 Å². The maximum absolute atomic E-state index is 5.15. The molecule has 5 nitrogen and oxygen atoms in total. The molecule has 0 spiro atoms. The van der Waals surface area contributed by atoms with Crippen molar-refractivity contribution in [1.29, 1.82) is 0 Å². The summed E-state index contributed by atoms with van der Waals surface area (Å²) in [6.07, 6.45) is 6.56. The first-order chi connectivity index (χ1) is 10.2. The maximum atomic E-state index is 5.15. The highest BCUT2D eigenvalue weighted by atomic mass is 127. The zero-order valence-corrected chi connectivity index (χ0v) is 17.1. The lowest BCUT2D eigenvalue weighted by atomic mass is 10.0. The Hall–Kier alpha value is -0.0800. The zero-order chi connectivity index (χ0) is 15.5. The summed E-state index contributed by atoms with van der Waals surface area (Å²) in [6.45, 7) is 8.51. The molecule has 0 saturated carbocycles. The number of aliphatic imine (C=N–C) groups is 1. The minimum atomic E-state index is 0. The molecule has 0 radical (unpaired) electrons. The largest absolute Gasteiger partial charge is 0.383 e. The summed E-state index contributed by atoms with van der Waals surface area (Å²) < 4.78 is 5.15. The second kappa shape index (κ2) is 13.4. The van der Waals surface area contributed by atoms with E-state index in [1.165, 1.54) is 45.2 Å². The minimum Gasteiger partial charge on any atom is -0.383 e. The molecule has 6 heteroatoms. The average Bonchev–Trinajstić information content (AvgIpc) is 2.50. The number of piperidine rings is 1. The molecule has 1 aliphatic rings. The fourth-order valence-electron chi connectivity index (χ4n) is 2.88. The van der Waals surface area contributed by atoms with Gasteiger partial charge < -0.3 is 15.4 Å². The molecule has 1 heterocycles. The van der Waals surface area contributed by atoms with Crippen molar-refractivity contribution in [3.05, 3.63) is 0 Å². The molecule has 132 valence electrons. The number of methoxy groups -OCH3 is 1. The number of hydrogen-bond donors (Lipinski definition) is 2. The molecule has 1 saturated heterocycles. The second-order valence-corrected chi connectivity index (χ2v) is 5.99. The molecule has 1 fully saturated rings. The molecule has 0 aliphatic carbocycles. The second-order valence-electron chi connectivity index (χ2n) is 5.99. The van der Waals surface area contributed by atoms with Gasteiger partial charge in [-0.15, -0.1) is 24.0 Å². The van der Waals surface area contributed by atoms with Crippen molar-refractivity contribution in [3.8, 4) is 0 Å². The highest BCUT2D eigenvalue weighted by molar-refractivity contribution is 14.0. The van der Waals surface area contributed by atoms with E-state index in [4.69, 9.17) is 4.74 Å². The predicted molar refractivity (Wildman–Crippen MR) is 105 cm³/mol. The fraction of sp³-hybridized carbons (Fsp3) is 0.938. The molecule has 2 atom stereocenters. The minimum absolute atomic E-state index is 0. The van der Waals surface area contributed by atoms with Crippen molar-refractivity contribution in [1.82, 2.24) is 15.5 Å². The average molecular weight is 426 g/mol. The smallest absolute Gasteiger partial charge is 0.191 e. The van der Waals surface area contributed by atoms with Gasteiger partial charge in [0, 0.05) is 32.8 Å². The van der Waals surface area contributed by atoms with E-state index in [1.54, 1.807) is 7.11 Å². The number of halogens is 1. The Balaban J connectivity index is 0.00000441. The summed E-state index contributed by atoms with van der Waals surface area (Å²) in [4.78, 5) is 6.95. The molecular weight excluding hydrogens is 391 g/mol. The third kappa shape index (κ3) is 8.53. The van der Waals surface area contributed by atoms with Gasteiger partial charge in [-0.2, -0.15) is 0 Å². The third-order valence-corrected chi connectivity index (χ3v) is 4.08. The number of rotatable bonds is 8. The van der Waals surface area contributed by atoms with Crippen molar-refractivity contribution in [2.45, 2.75) is 58.0 Å². The van der Waals surface area contributed by atoms with Gasteiger partial charge in [0.1, 0.15) is 0 Å². The van der Waals surface area contributed by atoms with Gasteiger partial charge in [0.25, 0.3) is 0 Å². The number of guanidine groups is 1. The zero-order valence-electron chi connectivity index (χ0n) is 14.7. The van der Waals surface area contributed by atoms with Gasteiger partial charge in [-0.1, -0.05) is 19.8 Å². The molecule has 2 unspecified atom stereocenters. The van der Waals surface area contributed by atoms with Crippen LogP contribution in [0.5, 0.6) is 0 Å². The van der Waals surface area contributed by atoms with Crippen LogP contribution in [0.2, 0.25) is 0 Å². The maximum Gasteiger partial charge on any atom is 0.191 e. The molecule has 0 aromatic heterocycles. The number of ether oxygens (including phenoxy) is 1. The highest BCUT2D eigenvalue weighted by Crippen LogP contribution is 2.16. The summed E-state index contributed by atoms with van der Waals surface area (Å²) in [5.41, 5.74) is 0. The van der Waals surface area contributed by atoms with Gasteiger partial charge in [0.15, 0.2) is 5.96 Å². The molecular formula is C16H35IN4O. The van der Waals surface area contributed by atoms with Gasteiger partial charge in [-0.3, -0.25) is 9.89 Å². The Morgan fingerprint density at radius 2 is 2.18 bits per heavy atom. The molecule has 1 rings (SSSR count). The van der Waals surface area contributed by atoms with Gasteiger partial charge in [-0.25, -0.2) is 0 Å². The van der Waals surface area contributed by atoms with Crippen molar-refractivity contribution in [2.24, 2.45) is 4.99 Å². The Morgan fingerprint density at radius 1 is 1.41 bits per heavy atom. The standard InChI is InChI=1S/C16H34N4O.HI/c1-5-6-10-20-11-8-7-9-15(20)12-18-16(17-3)19-14(2)13-21-4;/h14-15H,5-13H2,1-4H3,(H2,17,18,19);1H. The third-order valence-electron chi connectivity index (χ3n) is 4.08. The van der Waals surface area contributed by atoms with E-state index in [1.807, 2.05) is 7.05 Å². The van der Waals surface area contributed by atoms with Crippen molar-refractivity contribution >= 4 is 29.9 Å². The summed E-state index contributed by atoms with van der Waals surface area (Å²) in [6, 6.07) is 0.908. The Bertz CT molecular complexity index is 302. The van der Waals surface area contributed by atoms with Crippen molar-refractivity contribution < 1.29 is 4.74 Å². The highest BCUT2D eigenvalue weighted by Gasteiger charge is 2.21. The monoisotopic (exact) mass is 426 g/mol. The normalized spacial score (nSPS) is 21.1. The molecule has 0 bridgehead atoms. The van der Waals surface area contributed by atoms with Gasteiger partial charge in [0.05, 0.1) is 6.61 Å². The van der Waals surface area contributed by atoms with Crippen LogP contribution in [0.1, 0.15) is 46.0 Å². The number of unbranched alkanes of at least 4 members (excludes halogenated alkanes) is 1. The van der Waals surface area contributed by atoms with Crippen LogP contribution in [0, 0.1) is 0 Å². The Morgan fingerprint density at radius 3 is 2.82 bits per heavy atom. The van der Waals surface area contributed by atoms with E-state index in [0.29, 0.717) is 12.6 Å². The first-order valence-corrected chi connectivity index (χ1v) is 8.41. The number of nitrogens with one attached hydrogen (secondary N) is 2. The van der Waals surface area contributed by atoms with Gasteiger partial charge in [0.2, 0.25) is 0 Å². The van der Waals surface area contributed by atoms with E-state index in [9.17, 15) is 0 Å². The lowest BCUT2D eigenvalue weighted by Gasteiger charge is -2.36. The molecule has 0 aromatic carbocycles. The van der Waals surface area contributed by atoms with Crippen LogP contribution < -0.4 is 10.6 Å². The molecule has 0 aromatic rings. The van der Waals surface area contributed by atoms with Crippen LogP contribution in [0.15, 0.2) is 4.99 Å². The molecule has 1 aliphatic heterocycles. The quantitative estimate of drug-likeness (QED) is 0.356. The molecule has 22 heavy (non-hydrogen) atoms. The molecule has 0 amide bonds. The van der Waals surface area contributed by atoms with Crippen molar-refractivity contribution in [3.63, 3.8) is 0 Å². The van der Waals surface area contributed by atoms with Crippen LogP contribution in [-0.2, 0) is 4.74 Å². The van der Waals surface area contributed by atoms with E-state index < -0.39 is 0 Å². The first kappa shape index (κ1) is 21.9. The van der Waals surface area contributed by atoms with E-state index in [-0.39, 0.29) is 30.0 Å². The Labute approximate surface area is 153 Å².